The highest BCUT2D eigenvalue weighted by Gasteiger charge is 2.06. The number of hydrogen-bond acceptors (Lipinski definition) is 5. The van der Waals surface area contributed by atoms with Gasteiger partial charge in [-0.25, -0.2) is 4.98 Å². The summed E-state index contributed by atoms with van der Waals surface area (Å²) in [5.41, 5.74) is 6.47. The van der Waals surface area contributed by atoms with E-state index in [9.17, 15) is 0 Å². The predicted octanol–water partition coefficient (Wildman–Crippen LogP) is -0.651. The van der Waals surface area contributed by atoms with Gasteiger partial charge in [-0.3, -0.25) is 9.36 Å². The number of hydrogen-bond donors (Lipinski definition) is 2. The Morgan fingerprint density at radius 1 is 1.59 bits per heavy atom. The maximum Gasteiger partial charge on any atom is 0.219 e. The van der Waals surface area contributed by atoms with Crippen LogP contribution in [0.5, 0.6) is 0 Å². The second kappa shape index (κ2) is 4.64. The normalized spacial score (nSPS) is 11.9. The highest BCUT2D eigenvalue weighted by atomic mass is 16.4. The van der Waals surface area contributed by atoms with Gasteiger partial charge < -0.3 is 10.9 Å². The molecule has 2 rings (SSSR count). The van der Waals surface area contributed by atoms with Gasteiger partial charge in [0, 0.05) is 31.9 Å². The molecule has 17 heavy (non-hydrogen) atoms. The van der Waals surface area contributed by atoms with E-state index in [2.05, 4.69) is 20.3 Å². The second-order valence-corrected chi connectivity index (χ2v) is 3.51. The SMILES string of the molecule is Cn1nccc1CCn1cnc(/C(N)=N/O)n1. The molecule has 2 heterocycles. The van der Waals surface area contributed by atoms with Gasteiger partial charge in [0.2, 0.25) is 11.7 Å². The summed E-state index contributed by atoms with van der Waals surface area (Å²) < 4.78 is 3.45. The molecule has 0 aliphatic carbocycles. The van der Waals surface area contributed by atoms with E-state index in [1.54, 1.807) is 21.9 Å². The van der Waals surface area contributed by atoms with Crippen molar-refractivity contribution < 1.29 is 5.21 Å². The highest BCUT2D eigenvalue weighted by Crippen LogP contribution is 1.99. The van der Waals surface area contributed by atoms with Gasteiger partial charge in [-0.05, 0) is 6.07 Å². The Balaban J connectivity index is 2.01. The Kier molecular flexibility index (Phi) is 3.03. The number of nitrogens with two attached hydrogens (primary N) is 1. The molecule has 2 aromatic rings. The van der Waals surface area contributed by atoms with Crippen molar-refractivity contribution >= 4 is 5.84 Å². The minimum absolute atomic E-state index is 0.0933. The van der Waals surface area contributed by atoms with Crippen molar-refractivity contribution in [1.82, 2.24) is 24.5 Å². The van der Waals surface area contributed by atoms with Crippen molar-refractivity contribution in [3.8, 4) is 0 Å². The zero-order valence-corrected chi connectivity index (χ0v) is 9.35. The van der Waals surface area contributed by atoms with E-state index < -0.39 is 0 Å². The Labute approximate surface area is 97.4 Å². The molecule has 0 saturated heterocycles. The molecule has 0 spiro atoms. The molecule has 0 amide bonds. The molecule has 8 nitrogen and oxygen atoms in total. The summed E-state index contributed by atoms with van der Waals surface area (Å²) in [6.45, 7) is 0.658. The molecule has 2 aromatic heterocycles. The van der Waals surface area contributed by atoms with Crippen LogP contribution in [0.3, 0.4) is 0 Å². The van der Waals surface area contributed by atoms with E-state index in [1.165, 1.54) is 0 Å². The maximum atomic E-state index is 8.48. The van der Waals surface area contributed by atoms with Crippen LogP contribution in [0.2, 0.25) is 0 Å². The standard InChI is InChI=1S/C9H13N7O/c1-15-7(2-4-12-15)3-5-16-6-11-9(13-16)8(10)14-17/h2,4,6,17H,3,5H2,1H3,(H2,10,14). The first kappa shape index (κ1) is 11.1. The molecule has 0 aliphatic rings. The van der Waals surface area contributed by atoms with Crippen LogP contribution in [0, 0.1) is 0 Å². The summed E-state index contributed by atoms with van der Waals surface area (Å²) in [5.74, 6) is 0.127. The number of oxime groups is 1. The van der Waals surface area contributed by atoms with Crippen molar-refractivity contribution in [3.63, 3.8) is 0 Å². The van der Waals surface area contributed by atoms with Crippen molar-refractivity contribution in [2.45, 2.75) is 13.0 Å². The van der Waals surface area contributed by atoms with E-state index in [-0.39, 0.29) is 11.7 Å². The zero-order chi connectivity index (χ0) is 12.3. The number of rotatable bonds is 4. The lowest BCUT2D eigenvalue weighted by molar-refractivity contribution is 0.318. The molecule has 3 N–H and O–H groups in total. The molecular weight excluding hydrogens is 222 g/mol. The molecule has 0 atom stereocenters. The Bertz CT molecular complexity index is 527. The summed E-state index contributed by atoms with van der Waals surface area (Å²) in [4.78, 5) is 3.92. The lowest BCUT2D eigenvalue weighted by Crippen LogP contribution is -2.16. The fraction of sp³-hybridized carbons (Fsp3) is 0.333. The highest BCUT2D eigenvalue weighted by molar-refractivity contribution is 5.93. The third-order valence-corrected chi connectivity index (χ3v) is 2.39. The summed E-state index contributed by atoms with van der Waals surface area (Å²) in [6, 6.07) is 1.95. The fourth-order valence-corrected chi connectivity index (χ4v) is 1.44. The van der Waals surface area contributed by atoms with Gasteiger partial charge >= 0.3 is 0 Å². The quantitative estimate of drug-likeness (QED) is 0.317. The van der Waals surface area contributed by atoms with E-state index >= 15 is 0 Å². The monoisotopic (exact) mass is 235 g/mol. The molecule has 0 bridgehead atoms. The maximum absolute atomic E-state index is 8.48. The predicted molar refractivity (Wildman–Crippen MR) is 59.4 cm³/mol. The summed E-state index contributed by atoms with van der Waals surface area (Å²) >= 11 is 0. The first-order valence-corrected chi connectivity index (χ1v) is 5.05. The van der Waals surface area contributed by atoms with Crippen LogP contribution in [0.25, 0.3) is 0 Å². The molecule has 0 radical (unpaired) electrons. The number of amidine groups is 1. The lowest BCUT2D eigenvalue weighted by Gasteiger charge is -2.01. The number of aromatic nitrogens is 5. The number of aryl methyl sites for hydroxylation is 3. The molecule has 0 fully saturated rings. The first-order valence-electron chi connectivity index (χ1n) is 5.05. The number of nitrogens with zero attached hydrogens (tertiary/aromatic N) is 6. The molecule has 0 saturated carbocycles. The van der Waals surface area contributed by atoms with Crippen LogP contribution in [0.1, 0.15) is 11.5 Å². The summed E-state index contributed by atoms with van der Waals surface area (Å²) in [5, 5.41) is 19.5. The van der Waals surface area contributed by atoms with E-state index in [4.69, 9.17) is 10.9 Å². The minimum atomic E-state index is -0.0933. The van der Waals surface area contributed by atoms with Gasteiger partial charge in [0.05, 0.1) is 0 Å². The average Bonchev–Trinajstić information content (AvgIpc) is 2.94. The summed E-state index contributed by atoms with van der Waals surface area (Å²) in [6.07, 6.45) is 4.08. The zero-order valence-electron chi connectivity index (χ0n) is 9.35. The average molecular weight is 235 g/mol. The second-order valence-electron chi connectivity index (χ2n) is 3.51. The van der Waals surface area contributed by atoms with E-state index in [0.29, 0.717) is 6.54 Å². The van der Waals surface area contributed by atoms with Crippen LogP contribution in [0.15, 0.2) is 23.7 Å². The Morgan fingerprint density at radius 3 is 3.06 bits per heavy atom. The Morgan fingerprint density at radius 2 is 2.41 bits per heavy atom. The third-order valence-electron chi connectivity index (χ3n) is 2.39. The Hall–Kier alpha value is -2.38. The fourth-order valence-electron chi connectivity index (χ4n) is 1.44. The van der Waals surface area contributed by atoms with Gasteiger partial charge in [0.1, 0.15) is 6.33 Å². The van der Waals surface area contributed by atoms with Gasteiger partial charge in [-0.15, -0.1) is 5.10 Å². The topological polar surface area (TPSA) is 107 Å². The minimum Gasteiger partial charge on any atom is -0.409 e. The van der Waals surface area contributed by atoms with Crippen molar-refractivity contribution in [3.05, 3.63) is 30.1 Å². The lowest BCUT2D eigenvalue weighted by atomic mass is 10.3. The molecule has 8 heteroatoms. The molecule has 0 aliphatic heterocycles. The van der Waals surface area contributed by atoms with Gasteiger partial charge in [0.25, 0.3) is 0 Å². The summed E-state index contributed by atoms with van der Waals surface area (Å²) in [7, 11) is 1.89. The van der Waals surface area contributed by atoms with Crippen LogP contribution in [-0.4, -0.2) is 35.6 Å². The van der Waals surface area contributed by atoms with Gasteiger partial charge in [-0.2, -0.15) is 5.10 Å². The molecule has 0 unspecified atom stereocenters. The van der Waals surface area contributed by atoms with Crippen molar-refractivity contribution in [2.75, 3.05) is 0 Å². The van der Waals surface area contributed by atoms with Crippen LogP contribution < -0.4 is 5.73 Å². The third kappa shape index (κ3) is 2.41. The van der Waals surface area contributed by atoms with E-state index in [0.717, 1.165) is 12.1 Å². The van der Waals surface area contributed by atoms with E-state index in [1.807, 2.05) is 13.1 Å². The first-order chi connectivity index (χ1) is 8.20. The molecule has 0 aromatic carbocycles. The van der Waals surface area contributed by atoms with Crippen LogP contribution in [0.4, 0.5) is 0 Å². The molecular formula is C9H13N7O. The van der Waals surface area contributed by atoms with Gasteiger partial charge in [0.15, 0.2) is 0 Å². The molecule has 90 valence electrons. The largest absolute Gasteiger partial charge is 0.409 e. The van der Waals surface area contributed by atoms with Crippen LogP contribution in [-0.2, 0) is 20.0 Å². The van der Waals surface area contributed by atoms with Crippen LogP contribution >= 0.6 is 0 Å². The van der Waals surface area contributed by atoms with Gasteiger partial charge in [-0.1, -0.05) is 5.16 Å². The van der Waals surface area contributed by atoms with Crippen molar-refractivity contribution in [1.29, 1.82) is 0 Å². The van der Waals surface area contributed by atoms with Crippen molar-refractivity contribution in [2.24, 2.45) is 17.9 Å². The smallest absolute Gasteiger partial charge is 0.219 e.